The lowest BCUT2D eigenvalue weighted by atomic mass is 9.97. The summed E-state index contributed by atoms with van der Waals surface area (Å²) >= 11 is 5.96. The van der Waals surface area contributed by atoms with Gasteiger partial charge in [0.15, 0.2) is 0 Å². The molecular weight excluding hydrogens is 934 g/mol. The maximum absolute atomic E-state index is 14.7. The molecule has 4 aliphatic rings. The number of carbonyl (C=O) groups is 2. The third kappa shape index (κ3) is 9.53. The Balaban J connectivity index is 0.000000154. The van der Waals surface area contributed by atoms with E-state index in [0.717, 1.165) is 60.3 Å². The van der Waals surface area contributed by atoms with Crippen LogP contribution in [0.3, 0.4) is 0 Å². The topological polar surface area (TPSA) is 213 Å². The number of hydrogen-bond donors (Lipinski definition) is 2. The fourth-order valence-electron chi connectivity index (χ4n) is 9.15. The number of tetrazole rings is 2. The number of hydrogen-bond acceptors (Lipinski definition) is 14. The Morgan fingerprint density at radius 2 is 1.14 bits per heavy atom. The van der Waals surface area contributed by atoms with E-state index in [9.17, 15) is 18.4 Å². The molecule has 0 bridgehead atoms. The van der Waals surface area contributed by atoms with E-state index in [2.05, 4.69) is 85.9 Å². The molecule has 4 fully saturated rings. The Hall–Kier alpha value is -8.01. The van der Waals surface area contributed by atoms with Crippen LogP contribution >= 0.6 is 11.6 Å². The number of halogens is 3. The van der Waals surface area contributed by atoms with Crippen LogP contribution in [-0.2, 0) is 26.2 Å². The number of nitrogens with zero attached hydrogens (tertiary/aromatic N) is 16. The van der Waals surface area contributed by atoms with Crippen LogP contribution in [0.25, 0.3) is 11.4 Å². The predicted molar refractivity (Wildman–Crippen MR) is 254 cm³/mol. The standard InChI is InChI=1S/C24H23ClFN9O.C24H24FN9O/c1-15-16(2-5-21(30-15)33-12-24(13-33)6-7-24)10-34-11-17(8-29-34)23(36)27-9-18-20(35-14-28-31-32-35)4-3-19(25)22(18)26;1-16-17(5-6-22(29-16)32-13-24(14-32)7-8-24)11-33-12-18(9-28-33)23(35)26-10-19-20(25)3-2-4-21(19)34-15-27-30-31-34/h2-5,8,11,14H,6-7,9-10,12-13H2,1H3,(H,27,36);2-6,9,12,15H,7-8,10-11,13-14H2,1H3,(H,26,35). The van der Waals surface area contributed by atoms with Gasteiger partial charge >= 0.3 is 0 Å². The summed E-state index contributed by atoms with van der Waals surface area (Å²) in [6, 6.07) is 15.9. The van der Waals surface area contributed by atoms with Crippen LogP contribution in [-0.4, -0.2) is 108 Å². The van der Waals surface area contributed by atoms with Gasteiger partial charge in [-0.05, 0) is 108 Å². The number of aryl methyl sites for hydroxylation is 2. The van der Waals surface area contributed by atoms with Crippen molar-refractivity contribution in [2.45, 2.75) is 65.7 Å². The molecule has 2 aliphatic carbocycles. The number of anilines is 2. The average Bonchev–Trinajstić information content (AvgIpc) is 3.88. The molecule has 71 heavy (non-hydrogen) atoms. The maximum Gasteiger partial charge on any atom is 0.254 e. The van der Waals surface area contributed by atoms with E-state index in [-0.39, 0.29) is 41.1 Å². The number of pyridine rings is 2. The molecular formula is C48H47ClF2N18O2. The SMILES string of the molecule is Cc1nc(N2CC3(CC3)C2)ccc1Cn1cc(C(=O)NCc2c(-n3cnnn3)ccc(Cl)c2F)cn1.Cc1nc(N2CC3(CC3)C2)ccc1Cn1cc(C(=O)NCc2c(F)cccc2-n2cnnn2)cn1. The summed E-state index contributed by atoms with van der Waals surface area (Å²) in [5.74, 6) is 0.213. The molecule has 23 heteroatoms. The third-order valence-electron chi connectivity index (χ3n) is 13.8. The van der Waals surface area contributed by atoms with E-state index < -0.39 is 11.6 Å². The summed E-state index contributed by atoms with van der Waals surface area (Å²) in [4.78, 5) is 39.7. The van der Waals surface area contributed by atoms with Crippen LogP contribution in [0.2, 0.25) is 5.02 Å². The van der Waals surface area contributed by atoms with E-state index in [1.807, 2.05) is 13.8 Å². The highest BCUT2D eigenvalue weighted by Crippen LogP contribution is 2.54. The number of nitrogens with one attached hydrogen (secondary N) is 2. The van der Waals surface area contributed by atoms with Gasteiger partial charge in [-0.2, -0.15) is 10.2 Å². The number of carbonyl (C=O) groups excluding carboxylic acids is 2. The molecule has 2 amide bonds. The first-order valence-electron chi connectivity index (χ1n) is 23.2. The van der Waals surface area contributed by atoms with Gasteiger partial charge in [0.25, 0.3) is 11.8 Å². The van der Waals surface area contributed by atoms with E-state index in [4.69, 9.17) is 21.6 Å². The smallest absolute Gasteiger partial charge is 0.254 e. The zero-order valence-corrected chi connectivity index (χ0v) is 39.5. The summed E-state index contributed by atoms with van der Waals surface area (Å²) in [5, 5.41) is 36.0. The molecule has 12 rings (SSSR count). The molecule has 20 nitrogen and oxygen atoms in total. The van der Waals surface area contributed by atoms with Gasteiger partial charge in [-0.3, -0.25) is 19.0 Å². The minimum atomic E-state index is -0.641. The van der Waals surface area contributed by atoms with Crippen LogP contribution in [0, 0.1) is 36.3 Å². The lowest BCUT2D eigenvalue weighted by Gasteiger charge is -2.41. The summed E-state index contributed by atoms with van der Waals surface area (Å²) in [7, 11) is 0. The minimum absolute atomic E-state index is 0.0197. The van der Waals surface area contributed by atoms with Gasteiger partial charge in [-0.25, -0.2) is 28.1 Å². The lowest BCUT2D eigenvalue weighted by Crippen LogP contribution is -2.48. The van der Waals surface area contributed by atoms with Crippen LogP contribution < -0.4 is 20.4 Å². The van der Waals surface area contributed by atoms with Crippen molar-refractivity contribution in [2.75, 3.05) is 36.0 Å². The first-order valence-corrected chi connectivity index (χ1v) is 23.5. The fourth-order valence-corrected chi connectivity index (χ4v) is 9.32. The number of rotatable bonds is 14. The molecule has 2 N–H and O–H groups in total. The third-order valence-corrected chi connectivity index (χ3v) is 14.1. The Kier molecular flexibility index (Phi) is 11.8. The summed E-state index contributed by atoms with van der Waals surface area (Å²) in [5.41, 5.74) is 7.19. The van der Waals surface area contributed by atoms with Gasteiger partial charge in [0.05, 0.1) is 53.0 Å². The zero-order chi connectivity index (χ0) is 48.9. The molecule has 6 aromatic heterocycles. The quantitative estimate of drug-likeness (QED) is 0.143. The van der Waals surface area contributed by atoms with Crippen molar-refractivity contribution in [1.29, 1.82) is 0 Å². The Labute approximate surface area is 410 Å². The second-order valence-corrected chi connectivity index (χ2v) is 19.3. The van der Waals surface area contributed by atoms with Crippen molar-refractivity contribution in [3.8, 4) is 11.4 Å². The number of benzene rings is 2. The van der Waals surface area contributed by atoms with Gasteiger partial charge in [-0.1, -0.05) is 29.8 Å². The monoisotopic (exact) mass is 980 g/mol. The first-order chi connectivity index (χ1) is 34.4. The zero-order valence-electron chi connectivity index (χ0n) is 38.8. The van der Waals surface area contributed by atoms with Crippen LogP contribution in [0.15, 0.2) is 92.0 Å². The highest BCUT2D eigenvalue weighted by Gasteiger charge is 2.53. The number of aromatic nitrogens is 14. The van der Waals surface area contributed by atoms with Crippen LogP contribution in [0.1, 0.15) is 80.0 Å². The highest BCUT2D eigenvalue weighted by molar-refractivity contribution is 6.30. The van der Waals surface area contributed by atoms with E-state index in [0.29, 0.717) is 46.4 Å². The van der Waals surface area contributed by atoms with Gasteiger partial charge in [0.1, 0.15) is 35.9 Å². The molecule has 2 aromatic carbocycles. The van der Waals surface area contributed by atoms with Crippen LogP contribution in [0.4, 0.5) is 20.4 Å². The molecule has 362 valence electrons. The second-order valence-electron chi connectivity index (χ2n) is 18.9. The molecule has 2 saturated heterocycles. The highest BCUT2D eigenvalue weighted by atomic mass is 35.5. The fraction of sp³-hybridized carbons (Fsp3) is 0.333. The second kappa shape index (κ2) is 18.4. The molecule has 8 heterocycles. The minimum Gasteiger partial charge on any atom is -0.355 e. The van der Waals surface area contributed by atoms with E-state index in [1.165, 1.54) is 72.2 Å². The molecule has 2 saturated carbocycles. The van der Waals surface area contributed by atoms with Crippen molar-refractivity contribution in [3.05, 3.63) is 153 Å². The molecule has 2 aliphatic heterocycles. The van der Waals surface area contributed by atoms with Crippen molar-refractivity contribution in [1.82, 2.24) is 80.6 Å². The average molecular weight is 981 g/mol. The van der Waals surface area contributed by atoms with Crippen molar-refractivity contribution in [2.24, 2.45) is 10.8 Å². The molecule has 8 aromatic rings. The Bertz CT molecular complexity index is 3260. The van der Waals surface area contributed by atoms with Crippen molar-refractivity contribution < 1.29 is 18.4 Å². The van der Waals surface area contributed by atoms with Crippen molar-refractivity contribution in [3.63, 3.8) is 0 Å². The van der Waals surface area contributed by atoms with Gasteiger partial charge in [0.2, 0.25) is 0 Å². The largest absolute Gasteiger partial charge is 0.355 e. The molecule has 0 unspecified atom stereocenters. The Morgan fingerprint density at radius 1 is 0.648 bits per heavy atom. The molecule has 0 radical (unpaired) electrons. The van der Waals surface area contributed by atoms with Gasteiger partial charge in [0, 0.05) is 85.0 Å². The van der Waals surface area contributed by atoms with Crippen molar-refractivity contribution >= 4 is 35.1 Å². The predicted octanol–water partition coefficient (Wildman–Crippen LogP) is 5.21. The van der Waals surface area contributed by atoms with Crippen LogP contribution in [0.5, 0.6) is 0 Å². The first kappa shape index (κ1) is 45.4. The maximum atomic E-state index is 14.7. The van der Waals surface area contributed by atoms with Gasteiger partial charge in [-0.15, -0.1) is 10.2 Å². The molecule has 0 atom stereocenters. The summed E-state index contributed by atoms with van der Waals surface area (Å²) < 4.78 is 35.3. The van der Waals surface area contributed by atoms with E-state index >= 15 is 0 Å². The Morgan fingerprint density at radius 3 is 1.61 bits per heavy atom. The normalized spacial score (nSPS) is 15.7. The number of amides is 2. The lowest BCUT2D eigenvalue weighted by molar-refractivity contribution is 0.0942. The van der Waals surface area contributed by atoms with Gasteiger partial charge < -0.3 is 20.4 Å². The summed E-state index contributed by atoms with van der Waals surface area (Å²) in [6.07, 6.45) is 14.4. The molecule has 2 spiro atoms. The summed E-state index contributed by atoms with van der Waals surface area (Å²) in [6.45, 7) is 9.29. The van der Waals surface area contributed by atoms with E-state index in [1.54, 1.807) is 40.0 Å².